The molecule has 2 heterocycles. The lowest BCUT2D eigenvalue weighted by Gasteiger charge is -2.31. The van der Waals surface area contributed by atoms with Crippen molar-refractivity contribution in [3.8, 4) is 0 Å². The van der Waals surface area contributed by atoms with Gasteiger partial charge in [0.15, 0.2) is 0 Å². The van der Waals surface area contributed by atoms with E-state index in [1.54, 1.807) is 7.11 Å². The summed E-state index contributed by atoms with van der Waals surface area (Å²) >= 11 is 0. The van der Waals surface area contributed by atoms with Gasteiger partial charge in [-0.05, 0) is 43.7 Å². The molecule has 0 saturated carbocycles. The molecule has 2 aromatic rings. The van der Waals surface area contributed by atoms with Crippen LogP contribution in [0.25, 0.3) is 0 Å². The van der Waals surface area contributed by atoms with Gasteiger partial charge in [0.25, 0.3) is 0 Å². The summed E-state index contributed by atoms with van der Waals surface area (Å²) in [6.07, 6.45) is 1.96. The van der Waals surface area contributed by atoms with Crippen molar-refractivity contribution in [2.75, 3.05) is 25.5 Å². The molecule has 5 heteroatoms. The normalized spacial score (nSPS) is 18.5. The number of methoxy groups -OCH3 is 1. The predicted molar refractivity (Wildman–Crippen MR) is 92.5 cm³/mol. The van der Waals surface area contributed by atoms with Gasteiger partial charge in [0.1, 0.15) is 18.1 Å². The van der Waals surface area contributed by atoms with Gasteiger partial charge < -0.3 is 14.5 Å². The molecule has 3 rings (SSSR count). The van der Waals surface area contributed by atoms with Gasteiger partial charge in [-0.3, -0.25) is 9.69 Å². The number of furan rings is 1. The molecule has 1 aliphatic rings. The smallest absolute Gasteiger partial charge is 0.228 e. The monoisotopic (exact) mass is 328 g/mol. The molecule has 1 saturated heterocycles. The summed E-state index contributed by atoms with van der Waals surface area (Å²) < 4.78 is 10.8. The topological polar surface area (TPSA) is 54.7 Å². The maximum atomic E-state index is 12.5. The van der Waals surface area contributed by atoms with E-state index in [0.717, 1.165) is 49.7 Å². The Balaban J connectivity index is 1.54. The molecule has 1 atom stereocenters. The van der Waals surface area contributed by atoms with E-state index in [-0.39, 0.29) is 11.8 Å². The largest absolute Gasteiger partial charge is 0.462 e. The zero-order valence-corrected chi connectivity index (χ0v) is 14.0. The van der Waals surface area contributed by atoms with Crippen molar-refractivity contribution in [1.29, 1.82) is 0 Å². The summed E-state index contributed by atoms with van der Waals surface area (Å²) in [4.78, 5) is 14.8. The van der Waals surface area contributed by atoms with Crippen LogP contribution in [0.15, 0.2) is 46.9 Å². The van der Waals surface area contributed by atoms with E-state index < -0.39 is 0 Å². The van der Waals surface area contributed by atoms with E-state index >= 15 is 0 Å². The van der Waals surface area contributed by atoms with Gasteiger partial charge in [-0.1, -0.05) is 18.2 Å². The van der Waals surface area contributed by atoms with Gasteiger partial charge in [0.2, 0.25) is 5.91 Å². The zero-order valence-electron chi connectivity index (χ0n) is 14.0. The number of ether oxygens (including phenoxy) is 1. The Bertz CT molecular complexity index is 654. The first-order valence-corrected chi connectivity index (χ1v) is 8.39. The Morgan fingerprint density at radius 1 is 1.25 bits per heavy atom. The van der Waals surface area contributed by atoms with E-state index in [1.165, 1.54) is 0 Å². The molecule has 0 bridgehead atoms. The molecular formula is C19H24N2O3. The molecule has 1 aromatic carbocycles. The molecule has 1 fully saturated rings. The molecule has 0 unspecified atom stereocenters. The van der Waals surface area contributed by atoms with Gasteiger partial charge in [-0.25, -0.2) is 0 Å². The number of benzene rings is 1. The molecule has 0 spiro atoms. The third-order valence-corrected chi connectivity index (χ3v) is 4.30. The lowest BCUT2D eigenvalue weighted by atomic mass is 9.97. The Morgan fingerprint density at radius 2 is 2.04 bits per heavy atom. The van der Waals surface area contributed by atoms with Crippen LogP contribution in [0.4, 0.5) is 5.69 Å². The highest BCUT2D eigenvalue weighted by Gasteiger charge is 2.26. The van der Waals surface area contributed by atoms with Crippen LogP contribution < -0.4 is 5.32 Å². The summed E-state index contributed by atoms with van der Waals surface area (Å²) in [5.74, 6) is 1.88. The van der Waals surface area contributed by atoms with Crippen LogP contribution in [0, 0.1) is 5.92 Å². The minimum Gasteiger partial charge on any atom is -0.462 e. The summed E-state index contributed by atoms with van der Waals surface area (Å²) in [7, 11) is 1.66. The highest BCUT2D eigenvalue weighted by atomic mass is 16.5. The number of rotatable bonds is 6. The van der Waals surface area contributed by atoms with Crippen LogP contribution in [0.5, 0.6) is 0 Å². The Morgan fingerprint density at radius 3 is 2.83 bits per heavy atom. The second-order valence-electron chi connectivity index (χ2n) is 6.23. The molecule has 0 aliphatic carbocycles. The molecular weight excluding hydrogens is 304 g/mol. The summed E-state index contributed by atoms with van der Waals surface area (Å²) in [5, 5.41) is 3.01. The first-order valence-electron chi connectivity index (χ1n) is 8.39. The molecule has 0 radical (unpaired) electrons. The minimum atomic E-state index is 0.0207. The van der Waals surface area contributed by atoms with E-state index in [1.807, 2.05) is 42.5 Å². The Hall–Kier alpha value is -2.11. The van der Waals surface area contributed by atoms with Crippen LogP contribution in [0.1, 0.15) is 24.4 Å². The van der Waals surface area contributed by atoms with Crippen molar-refractivity contribution in [2.24, 2.45) is 5.92 Å². The van der Waals surface area contributed by atoms with Gasteiger partial charge in [-0.15, -0.1) is 0 Å². The van der Waals surface area contributed by atoms with E-state index in [4.69, 9.17) is 9.15 Å². The SMILES string of the molecule is COCc1ccc(CN2CCC[C@@H](C(=O)Nc3ccccc3)C2)o1. The number of carbonyl (C=O) groups is 1. The van der Waals surface area contributed by atoms with Gasteiger partial charge in [0, 0.05) is 19.3 Å². The number of para-hydroxylation sites is 1. The van der Waals surface area contributed by atoms with Crippen molar-refractivity contribution >= 4 is 11.6 Å². The fraction of sp³-hybridized carbons (Fsp3) is 0.421. The lowest BCUT2D eigenvalue weighted by Crippen LogP contribution is -2.40. The second kappa shape index (κ2) is 8.13. The number of anilines is 1. The number of nitrogens with one attached hydrogen (secondary N) is 1. The fourth-order valence-electron chi connectivity index (χ4n) is 3.13. The van der Waals surface area contributed by atoms with Crippen LogP contribution in [-0.2, 0) is 22.7 Å². The summed E-state index contributed by atoms with van der Waals surface area (Å²) in [5.41, 5.74) is 0.856. The molecule has 1 N–H and O–H groups in total. The standard InChI is InChI=1S/C19H24N2O3/c1-23-14-18-10-9-17(24-18)13-21-11-5-6-15(12-21)19(22)20-16-7-3-2-4-8-16/h2-4,7-10,15H,5-6,11-14H2,1H3,(H,20,22)/t15-/m1/s1. The second-order valence-corrected chi connectivity index (χ2v) is 6.23. The first-order chi connectivity index (χ1) is 11.7. The number of carbonyl (C=O) groups excluding carboxylic acids is 1. The molecule has 24 heavy (non-hydrogen) atoms. The van der Waals surface area contributed by atoms with E-state index in [9.17, 15) is 4.79 Å². The molecule has 1 aromatic heterocycles. The van der Waals surface area contributed by atoms with Crippen molar-refractivity contribution in [3.63, 3.8) is 0 Å². The van der Waals surface area contributed by atoms with Gasteiger partial charge in [-0.2, -0.15) is 0 Å². The number of piperidine rings is 1. The summed E-state index contributed by atoms with van der Waals surface area (Å²) in [6, 6.07) is 13.6. The average molecular weight is 328 g/mol. The molecule has 1 aliphatic heterocycles. The maximum Gasteiger partial charge on any atom is 0.228 e. The highest BCUT2D eigenvalue weighted by molar-refractivity contribution is 5.92. The van der Waals surface area contributed by atoms with Crippen molar-refractivity contribution < 1.29 is 13.9 Å². The molecule has 128 valence electrons. The first kappa shape index (κ1) is 16.7. The van der Waals surface area contributed by atoms with Crippen molar-refractivity contribution in [3.05, 3.63) is 54.0 Å². The number of hydrogen-bond acceptors (Lipinski definition) is 4. The fourth-order valence-corrected chi connectivity index (χ4v) is 3.13. The summed E-state index contributed by atoms with van der Waals surface area (Å²) in [6.45, 7) is 2.98. The van der Waals surface area contributed by atoms with E-state index in [2.05, 4.69) is 10.2 Å². The van der Waals surface area contributed by atoms with Gasteiger partial charge >= 0.3 is 0 Å². The third kappa shape index (κ3) is 4.46. The van der Waals surface area contributed by atoms with Crippen LogP contribution in [0.3, 0.4) is 0 Å². The van der Waals surface area contributed by atoms with Crippen molar-refractivity contribution in [1.82, 2.24) is 4.90 Å². The van der Waals surface area contributed by atoms with Crippen LogP contribution in [0.2, 0.25) is 0 Å². The maximum absolute atomic E-state index is 12.5. The number of nitrogens with zero attached hydrogens (tertiary/aromatic N) is 1. The van der Waals surface area contributed by atoms with Gasteiger partial charge in [0.05, 0.1) is 12.5 Å². The average Bonchev–Trinajstić information content (AvgIpc) is 3.03. The zero-order chi connectivity index (χ0) is 16.8. The number of amides is 1. The Kier molecular flexibility index (Phi) is 5.67. The lowest BCUT2D eigenvalue weighted by molar-refractivity contribution is -0.121. The van der Waals surface area contributed by atoms with Crippen molar-refractivity contribution in [2.45, 2.75) is 26.0 Å². The highest BCUT2D eigenvalue weighted by Crippen LogP contribution is 2.21. The number of likely N-dealkylation sites (tertiary alicyclic amines) is 1. The molecule has 1 amide bonds. The van der Waals surface area contributed by atoms with Crippen LogP contribution >= 0.6 is 0 Å². The number of hydrogen-bond donors (Lipinski definition) is 1. The van der Waals surface area contributed by atoms with Crippen LogP contribution in [-0.4, -0.2) is 31.0 Å². The van der Waals surface area contributed by atoms with E-state index in [0.29, 0.717) is 6.61 Å². The predicted octanol–water partition coefficient (Wildman–Crippen LogP) is 3.28. The Labute approximate surface area is 142 Å². The minimum absolute atomic E-state index is 0.0207. The third-order valence-electron chi connectivity index (χ3n) is 4.30. The quantitative estimate of drug-likeness (QED) is 0.884. The molecule has 5 nitrogen and oxygen atoms in total.